The predicted octanol–water partition coefficient (Wildman–Crippen LogP) is 3.22. The molecule has 2 aliphatic heterocycles. The van der Waals surface area contributed by atoms with E-state index in [-0.39, 0.29) is 11.9 Å². The summed E-state index contributed by atoms with van der Waals surface area (Å²) in [5.41, 5.74) is 3.50. The molecule has 0 radical (unpaired) electrons. The number of nitrogens with one attached hydrogen (secondary N) is 1. The predicted molar refractivity (Wildman–Crippen MR) is 115 cm³/mol. The molecule has 150 valence electrons. The lowest BCUT2D eigenvalue weighted by Crippen LogP contribution is -2.42. The number of anilines is 1. The van der Waals surface area contributed by atoms with Gasteiger partial charge < -0.3 is 15.1 Å². The van der Waals surface area contributed by atoms with Gasteiger partial charge in [0.25, 0.3) is 0 Å². The summed E-state index contributed by atoms with van der Waals surface area (Å²) in [6, 6.07) is 8.72. The third-order valence-corrected chi connectivity index (χ3v) is 6.44. The van der Waals surface area contributed by atoms with Crippen molar-refractivity contribution in [1.29, 1.82) is 0 Å². The lowest BCUT2D eigenvalue weighted by atomic mass is 9.94. The van der Waals surface area contributed by atoms with E-state index in [1.165, 1.54) is 29.5 Å². The molecule has 1 aromatic heterocycles. The average molecular weight is 381 g/mol. The number of piperidine rings is 1. The first kappa shape index (κ1) is 19.2. The second kappa shape index (κ2) is 8.08. The van der Waals surface area contributed by atoms with Gasteiger partial charge in [0.2, 0.25) is 5.91 Å². The number of aromatic nitrogens is 1. The number of benzene rings is 1. The molecule has 2 aromatic rings. The van der Waals surface area contributed by atoms with Crippen molar-refractivity contribution in [3.8, 4) is 0 Å². The molecule has 2 fully saturated rings. The number of rotatable bonds is 4. The van der Waals surface area contributed by atoms with E-state index in [1.807, 2.05) is 12.3 Å². The Balaban J connectivity index is 1.42. The topological polar surface area (TPSA) is 48.5 Å². The molecule has 2 aliphatic rings. The third kappa shape index (κ3) is 4.00. The minimum Gasteiger partial charge on any atom is -0.369 e. The maximum atomic E-state index is 12.7. The summed E-state index contributed by atoms with van der Waals surface area (Å²) in [4.78, 5) is 22.0. The average Bonchev–Trinajstić information content (AvgIpc) is 3.02. The van der Waals surface area contributed by atoms with Gasteiger partial charge in [-0.3, -0.25) is 9.78 Å². The molecule has 0 spiro atoms. The van der Waals surface area contributed by atoms with Crippen molar-refractivity contribution in [3.63, 3.8) is 0 Å². The first-order chi connectivity index (χ1) is 13.5. The number of fused-ring (bicyclic) bond motifs is 1. The van der Waals surface area contributed by atoms with Crippen LogP contribution in [0.2, 0.25) is 0 Å². The molecular formula is C23H32N4O. The third-order valence-electron chi connectivity index (χ3n) is 6.44. The van der Waals surface area contributed by atoms with Gasteiger partial charge in [-0.15, -0.1) is 0 Å². The molecule has 1 amide bonds. The summed E-state index contributed by atoms with van der Waals surface area (Å²) < 4.78 is 0. The van der Waals surface area contributed by atoms with E-state index in [0.29, 0.717) is 18.3 Å². The summed E-state index contributed by atoms with van der Waals surface area (Å²) in [6.07, 6.45) is 4.89. The van der Waals surface area contributed by atoms with Gasteiger partial charge in [0.1, 0.15) is 0 Å². The molecule has 5 heteroatoms. The van der Waals surface area contributed by atoms with Crippen molar-refractivity contribution in [2.24, 2.45) is 11.8 Å². The highest BCUT2D eigenvalue weighted by atomic mass is 16.1. The van der Waals surface area contributed by atoms with E-state index in [2.05, 4.69) is 59.2 Å². The maximum Gasteiger partial charge on any atom is 0.220 e. The number of carbonyl (C=O) groups is 1. The van der Waals surface area contributed by atoms with Gasteiger partial charge in [0.05, 0.1) is 11.6 Å². The molecule has 5 nitrogen and oxygen atoms in total. The van der Waals surface area contributed by atoms with Crippen molar-refractivity contribution in [2.75, 3.05) is 38.1 Å². The zero-order valence-electron chi connectivity index (χ0n) is 17.3. The summed E-state index contributed by atoms with van der Waals surface area (Å²) in [5, 5.41) is 4.54. The monoisotopic (exact) mass is 380 g/mol. The van der Waals surface area contributed by atoms with E-state index in [4.69, 9.17) is 0 Å². The normalized spacial score (nSPS) is 26.0. The number of aryl methyl sites for hydroxylation is 1. The fraction of sp³-hybridized carbons (Fsp3) is 0.565. The molecule has 1 aromatic carbocycles. The summed E-state index contributed by atoms with van der Waals surface area (Å²) in [6.45, 7) is 8.38. The van der Waals surface area contributed by atoms with Gasteiger partial charge in [0.15, 0.2) is 0 Å². The molecule has 0 bridgehead atoms. The van der Waals surface area contributed by atoms with E-state index < -0.39 is 0 Å². The highest BCUT2D eigenvalue weighted by molar-refractivity contribution is 5.94. The number of pyridine rings is 1. The fourth-order valence-corrected chi connectivity index (χ4v) is 4.89. The number of likely N-dealkylation sites (tertiary alicyclic amines) is 1. The summed E-state index contributed by atoms with van der Waals surface area (Å²) >= 11 is 0. The van der Waals surface area contributed by atoms with E-state index >= 15 is 0 Å². The summed E-state index contributed by atoms with van der Waals surface area (Å²) in [5.74, 6) is 1.15. The lowest BCUT2D eigenvalue weighted by Gasteiger charge is -2.29. The van der Waals surface area contributed by atoms with Gasteiger partial charge in [-0.1, -0.05) is 13.0 Å². The molecule has 4 rings (SSSR count). The number of hydrogen-bond acceptors (Lipinski definition) is 4. The zero-order chi connectivity index (χ0) is 19.7. The first-order valence-corrected chi connectivity index (χ1v) is 10.6. The molecule has 1 N–H and O–H groups in total. The second-order valence-electron chi connectivity index (χ2n) is 8.83. The van der Waals surface area contributed by atoms with Crippen LogP contribution in [0, 0.1) is 18.8 Å². The highest BCUT2D eigenvalue weighted by Crippen LogP contribution is 2.32. The Bertz CT molecular complexity index is 852. The standard InChI is InChI=1S/C23H32N4O/c1-16-8-9-21(19-7-4-10-24-23(16)19)27-13-17(2)20(15-27)25-22(28)12-18-6-5-11-26(3)14-18/h4,7-10,17-18,20H,5-6,11-15H2,1-3H3,(H,25,28). The van der Waals surface area contributed by atoms with Crippen LogP contribution in [0.25, 0.3) is 10.9 Å². The van der Waals surface area contributed by atoms with Crippen LogP contribution in [-0.4, -0.2) is 55.1 Å². The van der Waals surface area contributed by atoms with Crippen molar-refractivity contribution in [2.45, 2.75) is 39.2 Å². The zero-order valence-corrected chi connectivity index (χ0v) is 17.3. The Hall–Kier alpha value is -2.14. The van der Waals surface area contributed by atoms with Crippen molar-refractivity contribution < 1.29 is 4.79 Å². The molecule has 0 saturated carbocycles. The van der Waals surface area contributed by atoms with Crippen molar-refractivity contribution in [3.05, 3.63) is 36.0 Å². The number of amides is 1. The number of hydrogen-bond donors (Lipinski definition) is 1. The Labute approximate surface area is 168 Å². The van der Waals surface area contributed by atoms with E-state index in [9.17, 15) is 4.79 Å². The van der Waals surface area contributed by atoms with Crippen LogP contribution in [0.15, 0.2) is 30.5 Å². The van der Waals surface area contributed by atoms with Gasteiger partial charge in [-0.25, -0.2) is 0 Å². The smallest absolute Gasteiger partial charge is 0.220 e. The van der Waals surface area contributed by atoms with Crippen LogP contribution in [0.1, 0.15) is 31.7 Å². The van der Waals surface area contributed by atoms with Crippen LogP contribution in [0.4, 0.5) is 5.69 Å². The molecule has 0 aliphatic carbocycles. The van der Waals surface area contributed by atoms with Crippen molar-refractivity contribution >= 4 is 22.5 Å². The quantitative estimate of drug-likeness (QED) is 0.885. The Kier molecular flexibility index (Phi) is 5.54. The second-order valence-corrected chi connectivity index (χ2v) is 8.83. The highest BCUT2D eigenvalue weighted by Gasteiger charge is 2.32. The Morgan fingerprint density at radius 2 is 2.11 bits per heavy atom. The van der Waals surface area contributed by atoms with Gasteiger partial charge >= 0.3 is 0 Å². The number of nitrogens with zero attached hydrogens (tertiary/aromatic N) is 3. The molecule has 3 unspecified atom stereocenters. The molecule has 28 heavy (non-hydrogen) atoms. The van der Waals surface area contributed by atoms with Crippen LogP contribution in [-0.2, 0) is 4.79 Å². The first-order valence-electron chi connectivity index (χ1n) is 10.6. The van der Waals surface area contributed by atoms with Crippen LogP contribution in [0.3, 0.4) is 0 Å². The largest absolute Gasteiger partial charge is 0.369 e. The lowest BCUT2D eigenvalue weighted by molar-refractivity contribution is -0.123. The van der Waals surface area contributed by atoms with Crippen molar-refractivity contribution in [1.82, 2.24) is 15.2 Å². The molecular weight excluding hydrogens is 348 g/mol. The minimum absolute atomic E-state index is 0.210. The Morgan fingerprint density at radius 1 is 1.25 bits per heavy atom. The van der Waals surface area contributed by atoms with E-state index in [1.54, 1.807) is 0 Å². The summed E-state index contributed by atoms with van der Waals surface area (Å²) in [7, 11) is 2.15. The Morgan fingerprint density at radius 3 is 2.93 bits per heavy atom. The SMILES string of the molecule is Cc1ccc(N2CC(C)C(NC(=O)CC3CCCN(C)C3)C2)c2cccnc12. The van der Waals surface area contributed by atoms with Crippen LogP contribution < -0.4 is 10.2 Å². The van der Waals surface area contributed by atoms with Crippen LogP contribution in [0.5, 0.6) is 0 Å². The molecule has 3 heterocycles. The molecule has 2 saturated heterocycles. The number of carbonyl (C=O) groups excluding carboxylic acids is 1. The molecule has 3 atom stereocenters. The fourth-order valence-electron chi connectivity index (χ4n) is 4.89. The van der Waals surface area contributed by atoms with E-state index in [0.717, 1.165) is 31.7 Å². The van der Waals surface area contributed by atoms with Gasteiger partial charge in [-0.05, 0) is 69.0 Å². The van der Waals surface area contributed by atoms with Gasteiger partial charge in [-0.2, -0.15) is 0 Å². The maximum absolute atomic E-state index is 12.7. The minimum atomic E-state index is 0.210. The van der Waals surface area contributed by atoms with Gasteiger partial charge in [0, 0.05) is 43.3 Å². The van der Waals surface area contributed by atoms with Crippen LogP contribution >= 0.6 is 0 Å².